The zero-order valence-corrected chi connectivity index (χ0v) is 12.6. The molecule has 1 aromatic carbocycles. The van der Waals surface area contributed by atoms with E-state index in [9.17, 15) is 10.1 Å². The minimum atomic E-state index is -0.405. The van der Waals surface area contributed by atoms with Crippen LogP contribution in [0.3, 0.4) is 0 Å². The van der Waals surface area contributed by atoms with E-state index in [-0.39, 0.29) is 11.2 Å². The molecular formula is C15H19N3O3. The van der Waals surface area contributed by atoms with Gasteiger partial charge in [0.1, 0.15) is 0 Å². The quantitative estimate of drug-likeness (QED) is 0.688. The van der Waals surface area contributed by atoms with Crippen LogP contribution in [0.25, 0.3) is 11.3 Å². The van der Waals surface area contributed by atoms with Crippen LogP contribution in [0.15, 0.2) is 28.8 Å². The number of hydrogen-bond donors (Lipinski definition) is 1. The summed E-state index contributed by atoms with van der Waals surface area (Å²) >= 11 is 0. The van der Waals surface area contributed by atoms with Gasteiger partial charge in [-0.1, -0.05) is 12.1 Å². The molecule has 0 saturated carbocycles. The molecule has 6 nitrogen and oxygen atoms in total. The standard InChI is InChI=1S/C15H19N3O3/c1-10-6-5-7-11(18(19)20)14(10)12-8-16-13(21-12)9-17-15(2,3)4/h5-8,17H,9H2,1-4H3. The fourth-order valence-electron chi connectivity index (χ4n) is 1.97. The topological polar surface area (TPSA) is 81.2 Å². The van der Waals surface area contributed by atoms with Crippen LogP contribution in [0.5, 0.6) is 0 Å². The highest BCUT2D eigenvalue weighted by molar-refractivity contribution is 5.72. The first-order chi connectivity index (χ1) is 9.78. The monoisotopic (exact) mass is 289 g/mol. The van der Waals surface area contributed by atoms with Gasteiger partial charge in [0.15, 0.2) is 5.76 Å². The molecule has 112 valence electrons. The van der Waals surface area contributed by atoms with E-state index in [2.05, 4.69) is 10.3 Å². The highest BCUT2D eigenvalue weighted by Gasteiger charge is 2.21. The van der Waals surface area contributed by atoms with Crippen LogP contribution in [0, 0.1) is 17.0 Å². The number of oxazole rings is 1. The zero-order chi connectivity index (χ0) is 15.6. The molecule has 0 bridgehead atoms. The largest absolute Gasteiger partial charge is 0.439 e. The van der Waals surface area contributed by atoms with Crippen molar-refractivity contribution in [3.63, 3.8) is 0 Å². The average Bonchev–Trinajstić information content (AvgIpc) is 2.83. The third kappa shape index (κ3) is 3.66. The van der Waals surface area contributed by atoms with Gasteiger partial charge in [0.2, 0.25) is 5.89 Å². The molecule has 2 rings (SSSR count). The predicted octanol–water partition coefficient (Wildman–Crippen LogP) is 3.45. The lowest BCUT2D eigenvalue weighted by Crippen LogP contribution is -2.35. The first kappa shape index (κ1) is 15.2. The molecule has 0 unspecified atom stereocenters. The summed E-state index contributed by atoms with van der Waals surface area (Å²) < 4.78 is 5.66. The number of benzene rings is 1. The molecule has 21 heavy (non-hydrogen) atoms. The summed E-state index contributed by atoms with van der Waals surface area (Å²) in [7, 11) is 0. The van der Waals surface area contributed by atoms with Crippen molar-refractivity contribution in [2.75, 3.05) is 0 Å². The summed E-state index contributed by atoms with van der Waals surface area (Å²) in [6, 6.07) is 4.95. The van der Waals surface area contributed by atoms with Crippen molar-refractivity contribution < 1.29 is 9.34 Å². The molecule has 1 aromatic heterocycles. The molecule has 1 N–H and O–H groups in total. The van der Waals surface area contributed by atoms with Crippen LogP contribution < -0.4 is 5.32 Å². The lowest BCUT2D eigenvalue weighted by molar-refractivity contribution is -0.384. The Bertz CT molecular complexity index is 656. The molecule has 0 saturated heterocycles. The first-order valence-electron chi connectivity index (χ1n) is 6.72. The highest BCUT2D eigenvalue weighted by atomic mass is 16.6. The van der Waals surface area contributed by atoms with Crippen molar-refractivity contribution in [3.8, 4) is 11.3 Å². The Kier molecular flexibility index (Phi) is 4.09. The lowest BCUT2D eigenvalue weighted by Gasteiger charge is -2.18. The van der Waals surface area contributed by atoms with E-state index in [1.807, 2.05) is 33.8 Å². The van der Waals surface area contributed by atoms with Crippen molar-refractivity contribution in [3.05, 3.63) is 46.0 Å². The van der Waals surface area contributed by atoms with E-state index in [0.29, 0.717) is 23.8 Å². The van der Waals surface area contributed by atoms with Gasteiger partial charge >= 0.3 is 0 Å². The van der Waals surface area contributed by atoms with E-state index >= 15 is 0 Å². The number of rotatable bonds is 4. The highest BCUT2D eigenvalue weighted by Crippen LogP contribution is 2.33. The Morgan fingerprint density at radius 3 is 2.71 bits per heavy atom. The minimum absolute atomic E-state index is 0.0291. The number of nitro groups is 1. The molecular weight excluding hydrogens is 270 g/mol. The Hall–Kier alpha value is -2.21. The first-order valence-corrected chi connectivity index (χ1v) is 6.72. The second-order valence-electron chi connectivity index (χ2n) is 5.95. The van der Waals surface area contributed by atoms with Gasteiger partial charge in [-0.3, -0.25) is 10.1 Å². The number of hydrogen-bond acceptors (Lipinski definition) is 5. The fraction of sp³-hybridized carbons (Fsp3) is 0.400. The van der Waals surface area contributed by atoms with Crippen molar-refractivity contribution in [1.82, 2.24) is 10.3 Å². The van der Waals surface area contributed by atoms with E-state index in [1.165, 1.54) is 12.3 Å². The zero-order valence-electron chi connectivity index (χ0n) is 12.6. The van der Waals surface area contributed by atoms with Crippen LogP contribution >= 0.6 is 0 Å². The molecule has 0 radical (unpaired) electrons. The molecule has 6 heteroatoms. The number of nitro benzene ring substituents is 1. The van der Waals surface area contributed by atoms with E-state index in [1.54, 1.807) is 6.07 Å². The van der Waals surface area contributed by atoms with Crippen molar-refractivity contribution in [2.24, 2.45) is 0 Å². The molecule has 2 aromatic rings. The normalized spacial score (nSPS) is 11.6. The Labute approximate surface area is 123 Å². The number of nitrogens with zero attached hydrogens (tertiary/aromatic N) is 2. The third-order valence-electron chi connectivity index (χ3n) is 3.02. The third-order valence-corrected chi connectivity index (χ3v) is 3.02. The van der Waals surface area contributed by atoms with Gasteiger partial charge in [0.25, 0.3) is 5.69 Å². The van der Waals surface area contributed by atoms with Crippen LogP contribution in [0.4, 0.5) is 5.69 Å². The van der Waals surface area contributed by atoms with Crippen LogP contribution in [-0.4, -0.2) is 15.4 Å². The van der Waals surface area contributed by atoms with Gasteiger partial charge in [-0.2, -0.15) is 0 Å². The Balaban J connectivity index is 2.32. The van der Waals surface area contributed by atoms with Crippen LogP contribution in [0.2, 0.25) is 0 Å². The molecule has 0 aliphatic rings. The number of aromatic nitrogens is 1. The summed E-state index contributed by atoms with van der Waals surface area (Å²) in [6.45, 7) is 8.43. The molecule has 0 fully saturated rings. The van der Waals surface area contributed by atoms with E-state index in [0.717, 1.165) is 5.56 Å². The van der Waals surface area contributed by atoms with Crippen molar-refractivity contribution >= 4 is 5.69 Å². The summed E-state index contributed by atoms with van der Waals surface area (Å²) in [5, 5.41) is 14.4. The smallest absolute Gasteiger partial charge is 0.280 e. The molecule has 0 amide bonds. The number of nitrogens with one attached hydrogen (secondary N) is 1. The van der Waals surface area contributed by atoms with Crippen molar-refractivity contribution in [1.29, 1.82) is 0 Å². The minimum Gasteiger partial charge on any atom is -0.439 e. The van der Waals surface area contributed by atoms with Gasteiger partial charge < -0.3 is 9.73 Å². The van der Waals surface area contributed by atoms with Crippen LogP contribution in [0.1, 0.15) is 32.2 Å². The average molecular weight is 289 g/mol. The summed E-state index contributed by atoms with van der Waals surface area (Å²) in [5.41, 5.74) is 1.25. The molecule has 0 atom stereocenters. The van der Waals surface area contributed by atoms with E-state index < -0.39 is 4.92 Å². The molecule has 0 aliphatic carbocycles. The number of aryl methyl sites for hydroxylation is 1. The van der Waals surface area contributed by atoms with Gasteiger partial charge in [-0.05, 0) is 33.3 Å². The van der Waals surface area contributed by atoms with Gasteiger partial charge in [0.05, 0.1) is 23.2 Å². The maximum absolute atomic E-state index is 11.1. The Morgan fingerprint density at radius 1 is 1.38 bits per heavy atom. The SMILES string of the molecule is Cc1cccc([N+](=O)[O-])c1-c1cnc(CNC(C)(C)C)o1. The lowest BCUT2D eigenvalue weighted by atomic mass is 10.1. The van der Waals surface area contributed by atoms with Crippen molar-refractivity contribution in [2.45, 2.75) is 39.8 Å². The van der Waals surface area contributed by atoms with E-state index in [4.69, 9.17) is 4.42 Å². The molecule has 0 spiro atoms. The van der Waals surface area contributed by atoms with Gasteiger partial charge in [0, 0.05) is 11.6 Å². The second kappa shape index (κ2) is 5.65. The molecule has 1 heterocycles. The van der Waals surface area contributed by atoms with Gasteiger partial charge in [-0.25, -0.2) is 4.98 Å². The maximum atomic E-state index is 11.1. The van der Waals surface area contributed by atoms with Crippen LogP contribution in [-0.2, 0) is 6.54 Å². The molecule has 0 aliphatic heterocycles. The summed E-state index contributed by atoms with van der Waals surface area (Å²) in [6.07, 6.45) is 1.54. The Morgan fingerprint density at radius 2 is 2.10 bits per heavy atom. The summed E-state index contributed by atoms with van der Waals surface area (Å²) in [5.74, 6) is 0.933. The second-order valence-corrected chi connectivity index (χ2v) is 5.95. The summed E-state index contributed by atoms with van der Waals surface area (Å²) in [4.78, 5) is 14.9. The predicted molar refractivity (Wildman–Crippen MR) is 79.9 cm³/mol. The maximum Gasteiger partial charge on any atom is 0.280 e. The van der Waals surface area contributed by atoms with Gasteiger partial charge in [-0.15, -0.1) is 0 Å². The fourth-order valence-corrected chi connectivity index (χ4v) is 1.97.